The molecule has 4 aromatic rings. The van der Waals surface area contributed by atoms with Crippen molar-refractivity contribution in [1.29, 1.82) is 0 Å². The number of hydrogen-bond acceptors (Lipinski definition) is 6. The molecule has 2 amide bonds. The molecule has 1 aromatic heterocycles. The summed E-state index contributed by atoms with van der Waals surface area (Å²) in [5.41, 5.74) is 2.63. The van der Waals surface area contributed by atoms with Gasteiger partial charge in [-0.05, 0) is 31.2 Å². The molecule has 7 nitrogen and oxygen atoms in total. The zero-order chi connectivity index (χ0) is 24.8. The molecule has 1 N–H and O–H groups in total. The monoisotopic (exact) mass is 485 g/mol. The van der Waals surface area contributed by atoms with Crippen LogP contribution < -0.4 is 10.2 Å². The minimum Gasteiger partial charge on any atom is -0.449 e. The van der Waals surface area contributed by atoms with Crippen molar-refractivity contribution in [1.82, 2.24) is 4.98 Å². The number of amides is 2. The van der Waals surface area contributed by atoms with Gasteiger partial charge in [0, 0.05) is 23.7 Å². The number of esters is 1. The van der Waals surface area contributed by atoms with Crippen molar-refractivity contribution < 1.29 is 19.1 Å². The number of nitrogens with one attached hydrogen (secondary N) is 1. The molecule has 0 spiro atoms. The van der Waals surface area contributed by atoms with Gasteiger partial charge in [-0.2, -0.15) is 0 Å². The van der Waals surface area contributed by atoms with E-state index in [-0.39, 0.29) is 17.0 Å². The van der Waals surface area contributed by atoms with Crippen LogP contribution in [-0.4, -0.2) is 35.9 Å². The molecule has 1 atom stereocenters. The second-order valence-electron chi connectivity index (χ2n) is 7.69. The highest BCUT2D eigenvalue weighted by molar-refractivity contribution is 7.14. The number of rotatable bonds is 7. The summed E-state index contributed by atoms with van der Waals surface area (Å²) in [5.74, 6) is -1.64. The third-order valence-corrected chi connectivity index (χ3v) is 6.04. The topological polar surface area (TPSA) is 88.6 Å². The van der Waals surface area contributed by atoms with Crippen LogP contribution in [-0.2, 0) is 9.53 Å². The van der Waals surface area contributed by atoms with Gasteiger partial charge in [-0.15, -0.1) is 11.3 Å². The molecule has 1 unspecified atom stereocenters. The number of aromatic nitrogens is 1. The molecular weight excluding hydrogens is 462 g/mol. The number of carbonyl (C=O) groups excluding carboxylic acids is 3. The normalized spacial score (nSPS) is 11.4. The molecule has 0 aliphatic carbocycles. The lowest BCUT2D eigenvalue weighted by atomic mass is 10.1. The molecular formula is C27H23N3O4S. The van der Waals surface area contributed by atoms with Crippen molar-refractivity contribution in [3.05, 3.63) is 101 Å². The van der Waals surface area contributed by atoms with Gasteiger partial charge in [-0.25, -0.2) is 9.78 Å². The highest BCUT2D eigenvalue weighted by atomic mass is 32.1. The van der Waals surface area contributed by atoms with Crippen LogP contribution >= 0.6 is 11.3 Å². The summed E-state index contributed by atoms with van der Waals surface area (Å²) in [6.07, 6.45) is -1.10. The summed E-state index contributed by atoms with van der Waals surface area (Å²) in [7, 11) is 1.63. The highest BCUT2D eigenvalue weighted by Gasteiger charge is 2.25. The molecule has 0 fully saturated rings. The summed E-state index contributed by atoms with van der Waals surface area (Å²) < 4.78 is 5.39. The fourth-order valence-corrected chi connectivity index (χ4v) is 4.08. The summed E-state index contributed by atoms with van der Waals surface area (Å²) in [5, 5.41) is 4.92. The van der Waals surface area contributed by atoms with E-state index < -0.39 is 18.0 Å². The van der Waals surface area contributed by atoms with Crippen molar-refractivity contribution in [2.75, 3.05) is 17.3 Å². The first-order valence-corrected chi connectivity index (χ1v) is 11.8. The van der Waals surface area contributed by atoms with Crippen LogP contribution in [0.5, 0.6) is 0 Å². The van der Waals surface area contributed by atoms with Crippen molar-refractivity contribution in [3.63, 3.8) is 0 Å². The molecule has 0 saturated carbocycles. The van der Waals surface area contributed by atoms with Crippen LogP contribution in [0.1, 0.15) is 27.6 Å². The maximum absolute atomic E-state index is 13.1. The van der Waals surface area contributed by atoms with E-state index in [4.69, 9.17) is 4.74 Å². The Balaban J connectivity index is 1.43. The van der Waals surface area contributed by atoms with E-state index in [9.17, 15) is 14.4 Å². The van der Waals surface area contributed by atoms with Gasteiger partial charge in [0.05, 0.1) is 16.8 Å². The number of hydrogen-bond donors (Lipinski definition) is 1. The molecule has 8 heteroatoms. The van der Waals surface area contributed by atoms with E-state index in [0.717, 1.165) is 11.3 Å². The fourth-order valence-electron chi connectivity index (χ4n) is 3.35. The number of benzene rings is 3. The van der Waals surface area contributed by atoms with Gasteiger partial charge in [0.15, 0.2) is 11.2 Å². The summed E-state index contributed by atoms with van der Waals surface area (Å²) in [6.45, 7) is 1.47. The molecule has 4 rings (SSSR count). The van der Waals surface area contributed by atoms with E-state index in [0.29, 0.717) is 10.8 Å². The minimum atomic E-state index is -1.10. The van der Waals surface area contributed by atoms with E-state index in [1.54, 1.807) is 37.4 Å². The summed E-state index contributed by atoms with van der Waals surface area (Å²) in [6, 6.07) is 25.1. The Morgan fingerprint density at radius 3 is 2.17 bits per heavy atom. The highest BCUT2D eigenvalue weighted by Crippen LogP contribution is 2.25. The third-order valence-electron chi connectivity index (χ3n) is 5.28. The van der Waals surface area contributed by atoms with Crippen molar-refractivity contribution in [2.24, 2.45) is 0 Å². The average molecular weight is 486 g/mol. The Morgan fingerprint density at radius 1 is 0.886 bits per heavy atom. The van der Waals surface area contributed by atoms with Gasteiger partial charge in [-0.3, -0.25) is 14.9 Å². The van der Waals surface area contributed by atoms with Crippen molar-refractivity contribution in [2.45, 2.75) is 13.0 Å². The Labute approximate surface area is 207 Å². The van der Waals surface area contributed by atoms with Gasteiger partial charge in [-0.1, -0.05) is 60.7 Å². The van der Waals surface area contributed by atoms with Crippen LogP contribution in [0.4, 0.5) is 10.8 Å². The maximum Gasteiger partial charge on any atom is 0.339 e. The van der Waals surface area contributed by atoms with E-state index in [1.165, 1.54) is 29.2 Å². The first-order valence-electron chi connectivity index (χ1n) is 10.9. The number of nitrogens with zero attached hydrogens (tertiary/aromatic N) is 2. The zero-order valence-corrected chi connectivity index (χ0v) is 20.0. The van der Waals surface area contributed by atoms with E-state index >= 15 is 0 Å². The Morgan fingerprint density at radius 2 is 1.49 bits per heavy atom. The Bertz CT molecular complexity index is 1340. The van der Waals surface area contributed by atoms with E-state index in [1.807, 2.05) is 53.9 Å². The zero-order valence-electron chi connectivity index (χ0n) is 19.2. The predicted molar refractivity (Wildman–Crippen MR) is 137 cm³/mol. The molecule has 0 bridgehead atoms. The second kappa shape index (κ2) is 10.8. The predicted octanol–water partition coefficient (Wildman–Crippen LogP) is 5.27. The molecule has 0 radical (unpaired) electrons. The van der Waals surface area contributed by atoms with Crippen LogP contribution in [0.25, 0.3) is 11.3 Å². The molecule has 3 aromatic carbocycles. The fraction of sp³-hybridized carbons (Fsp3) is 0.111. The molecule has 1 heterocycles. The lowest BCUT2D eigenvalue weighted by Crippen LogP contribution is -2.32. The molecule has 0 aliphatic heterocycles. The molecule has 35 heavy (non-hydrogen) atoms. The number of thiazole rings is 1. The SMILES string of the molecule is CC(OC(=O)c1ccccc1C(=O)N(C)c1ccccc1)C(=O)Nc1nc(-c2ccccc2)cs1. The molecule has 176 valence electrons. The first kappa shape index (κ1) is 23.8. The largest absolute Gasteiger partial charge is 0.449 e. The quantitative estimate of drug-likeness (QED) is 0.360. The lowest BCUT2D eigenvalue weighted by molar-refractivity contribution is -0.123. The summed E-state index contributed by atoms with van der Waals surface area (Å²) >= 11 is 1.28. The number of anilines is 2. The van der Waals surface area contributed by atoms with Gasteiger partial charge in [0.1, 0.15) is 0 Å². The molecule has 0 saturated heterocycles. The maximum atomic E-state index is 13.1. The van der Waals surface area contributed by atoms with E-state index in [2.05, 4.69) is 10.3 Å². The number of ether oxygens (including phenoxy) is 1. The van der Waals surface area contributed by atoms with Gasteiger partial charge >= 0.3 is 5.97 Å². The van der Waals surface area contributed by atoms with Crippen molar-refractivity contribution >= 4 is 39.9 Å². The van der Waals surface area contributed by atoms with Crippen LogP contribution in [0.2, 0.25) is 0 Å². The number of para-hydroxylation sites is 1. The third kappa shape index (κ3) is 5.62. The number of carbonyl (C=O) groups is 3. The Kier molecular flexibility index (Phi) is 7.32. The van der Waals surface area contributed by atoms with Crippen molar-refractivity contribution in [3.8, 4) is 11.3 Å². The van der Waals surface area contributed by atoms with Gasteiger partial charge in [0.25, 0.3) is 11.8 Å². The lowest BCUT2D eigenvalue weighted by Gasteiger charge is -2.19. The van der Waals surface area contributed by atoms with Gasteiger partial charge in [0.2, 0.25) is 0 Å². The van der Waals surface area contributed by atoms with Crippen LogP contribution in [0.15, 0.2) is 90.3 Å². The first-order chi connectivity index (χ1) is 16.9. The van der Waals surface area contributed by atoms with Gasteiger partial charge < -0.3 is 9.64 Å². The van der Waals surface area contributed by atoms with Crippen LogP contribution in [0, 0.1) is 0 Å². The Hall–Kier alpha value is -4.30. The smallest absolute Gasteiger partial charge is 0.339 e. The molecule has 0 aliphatic rings. The standard InChI is InChI=1S/C27H23N3O4S/c1-18(24(31)29-27-28-23(17-35-27)19-11-5-3-6-12-19)34-26(33)22-16-10-9-15-21(22)25(32)30(2)20-13-7-4-8-14-20/h3-18H,1-2H3,(H,28,29,31). The van der Waals surface area contributed by atoms with Crippen LogP contribution in [0.3, 0.4) is 0 Å². The minimum absolute atomic E-state index is 0.0838. The summed E-state index contributed by atoms with van der Waals surface area (Å²) in [4.78, 5) is 44.5. The second-order valence-corrected chi connectivity index (χ2v) is 8.54. The average Bonchev–Trinajstić information content (AvgIpc) is 3.37.